The SMILES string of the molecule is Cn1c(O)c(N=NC(=O)c2ccc(-c3ccccc3)cc2)c2ccccc21. The zero-order valence-corrected chi connectivity index (χ0v) is 14.7. The highest BCUT2D eigenvalue weighted by atomic mass is 16.3. The van der Waals surface area contributed by atoms with Crippen LogP contribution in [-0.2, 0) is 7.05 Å². The molecule has 4 rings (SSSR count). The number of amides is 1. The van der Waals surface area contributed by atoms with E-state index in [0.29, 0.717) is 11.3 Å². The summed E-state index contributed by atoms with van der Waals surface area (Å²) in [5.74, 6) is -0.478. The van der Waals surface area contributed by atoms with E-state index in [0.717, 1.165) is 22.0 Å². The van der Waals surface area contributed by atoms with Crippen LogP contribution in [0.15, 0.2) is 89.1 Å². The number of nitrogens with zero attached hydrogens (tertiary/aromatic N) is 3. The van der Waals surface area contributed by atoms with Crippen molar-refractivity contribution in [1.29, 1.82) is 0 Å². The van der Waals surface area contributed by atoms with Crippen LogP contribution in [0, 0.1) is 0 Å². The lowest BCUT2D eigenvalue weighted by Gasteiger charge is -2.02. The summed E-state index contributed by atoms with van der Waals surface area (Å²) in [5, 5.41) is 18.8. The number of fused-ring (bicyclic) bond motifs is 1. The molecule has 0 aliphatic heterocycles. The first-order valence-corrected chi connectivity index (χ1v) is 8.53. The van der Waals surface area contributed by atoms with Gasteiger partial charge < -0.3 is 9.67 Å². The van der Waals surface area contributed by atoms with Gasteiger partial charge in [0.2, 0.25) is 5.88 Å². The van der Waals surface area contributed by atoms with Crippen molar-refractivity contribution in [2.45, 2.75) is 0 Å². The smallest absolute Gasteiger partial charge is 0.295 e. The van der Waals surface area contributed by atoms with Gasteiger partial charge in [0.25, 0.3) is 5.91 Å². The number of hydrogen-bond acceptors (Lipinski definition) is 3. The van der Waals surface area contributed by atoms with Crippen molar-refractivity contribution in [3.63, 3.8) is 0 Å². The Hall–Kier alpha value is -3.73. The Balaban J connectivity index is 1.60. The van der Waals surface area contributed by atoms with Crippen LogP contribution in [0.3, 0.4) is 0 Å². The van der Waals surface area contributed by atoms with Crippen molar-refractivity contribution in [3.8, 4) is 17.0 Å². The van der Waals surface area contributed by atoms with E-state index in [1.165, 1.54) is 0 Å². The molecule has 0 bridgehead atoms. The summed E-state index contributed by atoms with van der Waals surface area (Å²) in [6.07, 6.45) is 0. The monoisotopic (exact) mass is 355 g/mol. The number of aryl methyl sites for hydroxylation is 1. The summed E-state index contributed by atoms with van der Waals surface area (Å²) in [4.78, 5) is 12.4. The molecule has 1 heterocycles. The van der Waals surface area contributed by atoms with Gasteiger partial charge in [0.1, 0.15) is 0 Å². The molecule has 0 aliphatic carbocycles. The number of benzene rings is 3. The molecular formula is C22H17N3O2. The van der Waals surface area contributed by atoms with Crippen LogP contribution in [0.4, 0.5) is 5.69 Å². The van der Waals surface area contributed by atoms with E-state index in [1.807, 2.05) is 66.7 Å². The minimum absolute atomic E-state index is 0.0211. The molecule has 4 aromatic rings. The summed E-state index contributed by atoms with van der Waals surface area (Å²) in [5.41, 5.74) is 3.67. The van der Waals surface area contributed by atoms with Gasteiger partial charge in [-0.05, 0) is 29.3 Å². The van der Waals surface area contributed by atoms with Gasteiger partial charge in [-0.3, -0.25) is 4.79 Å². The Bertz CT molecular complexity index is 1140. The Morgan fingerprint density at radius 1 is 0.852 bits per heavy atom. The number of rotatable bonds is 3. The van der Waals surface area contributed by atoms with Crippen LogP contribution in [0.25, 0.3) is 22.0 Å². The molecule has 0 saturated carbocycles. The predicted molar refractivity (Wildman–Crippen MR) is 105 cm³/mol. The molecular weight excluding hydrogens is 338 g/mol. The van der Waals surface area contributed by atoms with Gasteiger partial charge in [-0.25, -0.2) is 0 Å². The molecule has 0 fully saturated rings. The number of aromatic nitrogens is 1. The summed E-state index contributed by atoms with van der Waals surface area (Å²) in [7, 11) is 1.74. The van der Waals surface area contributed by atoms with E-state index in [2.05, 4.69) is 10.2 Å². The number of azo groups is 1. The second kappa shape index (κ2) is 6.88. The van der Waals surface area contributed by atoms with Crippen molar-refractivity contribution in [2.24, 2.45) is 17.3 Å². The third-order valence-corrected chi connectivity index (χ3v) is 4.53. The molecule has 0 aliphatic rings. The summed E-state index contributed by atoms with van der Waals surface area (Å²) in [6.45, 7) is 0. The molecule has 0 atom stereocenters. The molecule has 27 heavy (non-hydrogen) atoms. The van der Waals surface area contributed by atoms with E-state index in [9.17, 15) is 9.90 Å². The first kappa shape index (κ1) is 16.7. The average Bonchev–Trinajstić information content (AvgIpc) is 2.97. The Kier molecular flexibility index (Phi) is 4.26. The van der Waals surface area contributed by atoms with E-state index in [1.54, 1.807) is 23.7 Å². The number of carbonyl (C=O) groups excluding carboxylic acids is 1. The van der Waals surface area contributed by atoms with E-state index in [-0.39, 0.29) is 5.88 Å². The number of carbonyl (C=O) groups is 1. The molecule has 0 spiro atoms. The molecule has 1 aromatic heterocycles. The fraction of sp³-hybridized carbons (Fsp3) is 0.0455. The van der Waals surface area contributed by atoms with Crippen LogP contribution in [0.5, 0.6) is 5.88 Å². The Morgan fingerprint density at radius 3 is 2.22 bits per heavy atom. The molecule has 3 aromatic carbocycles. The lowest BCUT2D eigenvalue weighted by molar-refractivity contribution is 0.0995. The standard InChI is InChI=1S/C22H17N3O2/c1-25-19-10-6-5-9-18(19)20(22(25)27)23-24-21(26)17-13-11-16(12-14-17)15-7-3-2-4-8-15/h2-14,27H,1H3. The zero-order chi connectivity index (χ0) is 18.8. The van der Waals surface area contributed by atoms with Crippen molar-refractivity contribution in [1.82, 2.24) is 4.57 Å². The number of hydrogen-bond donors (Lipinski definition) is 1. The van der Waals surface area contributed by atoms with Gasteiger partial charge in [0.15, 0.2) is 5.69 Å². The first-order valence-electron chi connectivity index (χ1n) is 8.53. The molecule has 1 amide bonds. The van der Waals surface area contributed by atoms with Crippen molar-refractivity contribution in [2.75, 3.05) is 0 Å². The molecule has 0 radical (unpaired) electrons. The lowest BCUT2D eigenvalue weighted by Crippen LogP contribution is -1.93. The summed E-state index contributed by atoms with van der Waals surface area (Å²) >= 11 is 0. The molecule has 132 valence electrons. The Labute approximate surface area is 156 Å². The van der Waals surface area contributed by atoms with Gasteiger partial charge in [-0.1, -0.05) is 60.7 Å². The highest BCUT2D eigenvalue weighted by Gasteiger charge is 2.14. The predicted octanol–water partition coefficient (Wildman–Crippen LogP) is 5.48. The van der Waals surface area contributed by atoms with Crippen molar-refractivity contribution < 1.29 is 9.90 Å². The van der Waals surface area contributed by atoms with Gasteiger partial charge >= 0.3 is 0 Å². The number of aromatic hydroxyl groups is 1. The van der Waals surface area contributed by atoms with E-state index < -0.39 is 5.91 Å². The van der Waals surface area contributed by atoms with Crippen LogP contribution >= 0.6 is 0 Å². The highest BCUT2D eigenvalue weighted by molar-refractivity contribution is 5.97. The molecule has 0 unspecified atom stereocenters. The van der Waals surface area contributed by atoms with Crippen molar-refractivity contribution >= 4 is 22.5 Å². The maximum absolute atomic E-state index is 12.4. The quantitative estimate of drug-likeness (QED) is 0.495. The maximum atomic E-state index is 12.4. The number of para-hydroxylation sites is 1. The summed E-state index contributed by atoms with van der Waals surface area (Å²) < 4.78 is 1.61. The Morgan fingerprint density at radius 2 is 1.48 bits per heavy atom. The van der Waals surface area contributed by atoms with Crippen LogP contribution in [0.1, 0.15) is 10.4 Å². The van der Waals surface area contributed by atoms with Crippen LogP contribution in [-0.4, -0.2) is 15.6 Å². The average molecular weight is 355 g/mol. The van der Waals surface area contributed by atoms with Gasteiger partial charge in [0, 0.05) is 18.0 Å². The topological polar surface area (TPSA) is 66.9 Å². The zero-order valence-electron chi connectivity index (χ0n) is 14.7. The van der Waals surface area contributed by atoms with E-state index >= 15 is 0 Å². The summed E-state index contributed by atoms with van der Waals surface area (Å²) in [6, 6.07) is 24.6. The van der Waals surface area contributed by atoms with Gasteiger partial charge in [-0.15, -0.1) is 10.2 Å². The van der Waals surface area contributed by atoms with Gasteiger partial charge in [-0.2, -0.15) is 0 Å². The minimum atomic E-state index is -0.457. The molecule has 5 heteroatoms. The molecule has 5 nitrogen and oxygen atoms in total. The third-order valence-electron chi connectivity index (χ3n) is 4.53. The third kappa shape index (κ3) is 3.11. The lowest BCUT2D eigenvalue weighted by atomic mass is 10.0. The largest absolute Gasteiger partial charge is 0.493 e. The molecule has 1 N–H and O–H groups in total. The van der Waals surface area contributed by atoms with Crippen LogP contribution in [0.2, 0.25) is 0 Å². The van der Waals surface area contributed by atoms with Gasteiger partial charge in [0.05, 0.1) is 5.52 Å². The van der Waals surface area contributed by atoms with Crippen molar-refractivity contribution in [3.05, 3.63) is 84.4 Å². The van der Waals surface area contributed by atoms with Crippen LogP contribution < -0.4 is 0 Å². The minimum Gasteiger partial charge on any atom is -0.493 e. The normalized spacial score (nSPS) is 11.3. The fourth-order valence-electron chi connectivity index (χ4n) is 3.05. The van der Waals surface area contributed by atoms with E-state index in [4.69, 9.17) is 0 Å². The fourth-order valence-corrected chi connectivity index (χ4v) is 3.05. The maximum Gasteiger partial charge on any atom is 0.295 e. The second-order valence-corrected chi connectivity index (χ2v) is 6.20. The first-order chi connectivity index (χ1) is 13.1. The second-order valence-electron chi connectivity index (χ2n) is 6.20. The highest BCUT2D eigenvalue weighted by Crippen LogP contribution is 2.37. The molecule has 0 saturated heterocycles.